The maximum atomic E-state index is 14.0. The van der Waals surface area contributed by atoms with E-state index < -0.39 is 0 Å². The Labute approximate surface area is 279 Å². The lowest BCUT2D eigenvalue weighted by Gasteiger charge is -2.43. The summed E-state index contributed by atoms with van der Waals surface area (Å²) in [4.78, 5) is 58.5. The summed E-state index contributed by atoms with van der Waals surface area (Å²) < 4.78 is 12.0. The molecule has 4 aromatic rings. The number of imide groups is 1. The van der Waals surface area contributed by atoms with Crippen molar-refractivity contribution in [3.05, 3.63) is 98.5 Å². The van der Waals surface area contributed by atoms with Crippen LogP contribution in [0.15, 0.2) is 82.6 Å². The zero-order valence-electron chi connectivity index (χ0n) is 25.8. The molecule has 2 aliphatic heterocycles. The second-order valence-corrected chi connectivity index (χ2v) is 14.9. The van der Waals surface area contributed by atoms with E-state index in [-0.39, 0.29) is 70.0 Å². The van der Waals surface area contributed by atoms with E-state index in [2.05, 4.69) is 10.3 Å². The summed E-state index contributed by atoms with van der Waals surface area (Å²) >= 11 is 2.88. The summed E-state index contributed by atoms with van der Waals surface area (Å²) in [5.74, 6) is -0.357. The second-order valence-electron chi connectivity index (χ2n) is 12.7. The molecule has 2 saturated carbocycles. The smallest absolute Gasteiger partial charge is 0.305 e. The fourth-order valence-electron chi connectivity index (χ4n) is 8.39. The van der Waals surface area contributed by atoms with E-state index in [0.717, 1.165) is 27.5 Å². The topological polar surface area (TPSA) is 118 Å². The first-order valence-electron chi connectivity index (χ1n) is 15.9. The Hall–Kier alpha value is -4.35. The number of aromatic nitrogens is 1. The highest BCUT2D eigenvalue weighted by molar-refractivity contribution is 8.00. The van der Waals surface area contributed by atoms with Crippen LogP contribution >= 0.6 is 23.1 Å². The maximum Gasteiger partial charge on any atom is 0.305 e. The first-order chi connectivity index (χ1) is 22.8. The molecule has 3 amide bonds. The average molecular weight is 668 g/mol. The molecule has 4 unspecified atom stereocenters. The summed E-state index contributed by atoms with van der Waals surface area (Å²) in [6, 6.07) is 22.5. The SMILES string of the molecule is CCOc1cc([C@H]2c3sc(=O)[nH]c3SC3C2[C@H]2C[C@@H]3C3C(=O)N(c4ccccc4)C(=O)C32)ccc1OCC(=O)Nc1cccc(C)c1. The van der Waals surface area contributed by atoms with E-state index in [9.17, 15) is 19.2 Å². The van der Waals surface area contributed by atoms with E-state index in [1.807, 2.05) is 86.6 Å². The number of anilines is 2. The number of aryl methyl sites for hydroxylation is 1. The van der Waals surface area contributed by atoms with Crippen LogP contribution in [0.4, 0.5) is 11.4 Å². The van der Waals surface area contributed by atoms with Crippen molar-refractivity contribution in [2.75, 3.05) is 23.4 Å². The Morgan fingerprint density at radius 3 is 2.49 bits per heavy atom. The molecule has 9 nitrogen and oxygen atoms in total. The number of nitrogens with zero attached hydrogens (tertiary/aromatic N) is 1. The number of thiazole rings is 1. The fraction of sp³-hybridized carbons (Fsp3) is 0.333. The maximum absolute atomic E-state index is 14.0. The molecular weight excluding hydrogens is 635 g/mol. The first kappa shape index (κ1) is 30.0. The lowest BCUT2D eigenvalue weighted by Crippen LogP contribution is -2.42. The number of para-hydroxylation sites is 1. The van der Waals surface area contributed by atoms with E-state index in [1.165, 1.54) is 16.2 Å². The highest BCUT2D eigenvalue weighted by Crippen LogP contribution is 2.68. The number of fused-ring (bicyclic) bond motifs is 9. The number of amides is 3. The third kappa shape index (κ3) is 4.98. The van der Waals surface area contributed by atoms with Gasteiger partial charge < -0.3 is 19.8 Å². The van der Waals surface area contributed by atoms with E-state index in [1.54, 1.807) is 11.8 Å². The van der Waals surface area contributed by atoms with Crippen LogP contribution in [0.3, 0.4) is 0 Å². The summed E-state index contributed by atoms with van der Waals surface area (Å²) in [6.45, 7) is 4.05. The normalized spacial score (nSPS) is 26.9. The van der Waals surface area contributed by atoms with Gasteiger partial charge in [-0.2, -0.15) is 0 Å². The van der Waals surface area contributed by atoms with Crippen LogP contribution in [0.2, 0.25) is 0 Å². The Bertz CT molecular complexity index is 1960. The average Bonchev–Trinajstić information content (AvgIpc) is 3.79. The van der Waals surface area contributed by atoms with Crippen LogP contribution in [-0.2, 0) is 14.4 Å². The minimum Gasteiger partial charge on any atom is -0.490 e. The van der Waals surface area contributed by atoms with E-state index in [4.69, 9.17) is 9.47 Å². The number of carbonyl (C=O) groups is 3. The van der Waals surface area contributed by atoms with E-state index >= 15 is 0 Å². The number of hydrogen-bond donors (Lipinski definition) is 2. The van der Waals surface area contributed by atoms with Gasteiger partial charge in [0.1, 0.15) is 0 Å². The molecule has 4 aliphatic rings. The van der Waals surface area contributed by atoms with Gasteiger partial charge in [-0.25, -0.2) is 0 Å². The van der Waals surface area contributed by atoms with Crippen molar-refractivity contribution in [2.45, 2.75) is 36.5 Å². The number of ether oxygens (including phenoxy) is 2. The largest absolute Gasteiger partial charge is 0.490 e. The van der Waals surface area contributed by atoms with Crippen molar-refractivity contribution in [1.29, 1.82) is 0 Å². The molecule has 8 rings (SSSR count). The number of benzene rings is 3. The molecule has 0 radical (unpaired) electrons. The molecule has 1 saturated heterocycles. The molecule has 7 atom stereocenters. The summed E-state index contributed by atoms with van der Waals surface area (Å²) in [6.07, 6.45) is 0.809. The third-order valence-corrected chi connectivity index (χ3v) is 12.6. The Morgan fingerprint density at radius 2 is 1.72 bits per heavy atom. The molecule has 11 heteroatoms. The van der Waals surface area contributed by atoms with Crippen molar-refractivity contribution in [1.82, 2.24) is 4.98 Å². The predicted octanol–water partition coefficient (Wildman–Crippen LogP) is 5.84. The standard InChI is InChI=1S/C36H33N3O6S2/c1-3-44-25-15-19(12-13-24(25)45-17-26(40)37-20-9-7-8-18(2)14-20)27-28-22-16-23(31(28)46-33-32(27)47-36(43)38-33)30-29(22)34(41)39(35(30)42)21-10-5-4-6-11-21/h4-15,22-23,27-31H,3,16-17H2,1-2H3,(H,37,40)(H,38,43)/t22-,23-,27-,28?,29?,30?,31?/m1/s1. The van der Waals surface area contributed by atoms with Crippen molar-refractivity contribution in [2.24, 2.45) is 29.6 Å². The van der Waals surface area contributed by atoms with Gasteiger partial charge in [0, 0.05) is 21.7 Å². The number of carbonyl (C=O) groups excluding carboxylic acids is 3. The summed E-state index contributed by atoms with van der Waals surface area (Å²) in [5.41, 5.74) is 3.32. The van der Waals surface area contributed by atoms with Crippen molar-refractivity contribution < 1.29 is 23.9 Å². The van der Waals surface area contributed by atoms with Gasteiger partial charge in [-0.3, -0.25) is 24.1 Å². The molecule has 0 spiro atoms. The molecule has 1 aromatic heterocycles. The number of hydrogen-bond acceptors (Lipinski definition) is 8. The van der Waals surface area contributed by atoms with Crippen molar-refractivity contribution in [3.8, 4) is 11.5 Å². The minimum absolute atomic E-state index is 0.000182. The molecule has 2 N–H and O–H groups in total. The monoisotopic (exact) mass is 667 g/mol. The second kappa shape index (κ2) is 11.7. The van der Waals surface area contributed by atoms with Gasteiger partial charge in [0.2, 0.25) is 11.8 Å². The molecule has 3 fully saturated rings. The van der Waals surface area contributed by atoms with Gasteiger partial charge in [0.15, 0.2) is 18.1 Å². The Kier molecular flexibility index (Phi) is 7.48. The van der Waals surface area contributed by atoms with Crippen LogP contribution < -0.4 is 24.6 Å². The van der Waals surface area contributed by atoms with Crippen LogP contribution in [0.1, 0.15) is 35.3 Å². The predicted molar refractivity (Wildman–Crippen MR) is 180 cm³/mol. The number of aromatic amines is 1. The minimum atomic E-state index is -0.379. The van der Waals surface area contributed by atoms with Gasteiger partial charge in [-0.15, -0.1) is 11.8 Å². The number of nitrogens with one attached hydrogen (secondary N) is 2. The zero-order valence-corrected chi connectivity index (χ0v) is 27.4. The quantitative estimate of drug-likeness (QED) is 0.227. The third-order valence-electron chi connectivity index (χ3n) is 10.0. The summed E-state index contributed by atoms with van der Waals surface area (Å²) in [7, 11) is 0. The lowest BCUT2D eigenvalue weighted by atomic mass is 9.68. The van der Waals surface area contributed by atoms with Crippen molar-refractivity contribution >= 4 is 52.2 Å². The van der Waals surface area contributed by atoms with Crippen LogP contribution in [0.5, 0.6) is 11.5 Å². The fourth-order valence-corrected chi connectivity index (χ4v) is 11.3. The van der Waals surface area contributed by atoms with E-state index in [0.29, 0.717) is 29.5 Å². The molecule has 3 aromatic carbocycles. The molecule has 3 heterocycles. The highest BCUT2D eigenvalue weighted by atomic mass is 32.2. The Balaban J connectivity index is 1.10. The highest BCUT2D eigenvalue weighted by Gasteiger charge is 2.69. The van der Waals surface area contributed by atoms with Gasteiger partial charge in [-0.05, 0) is 85.5 Å². The molecule has 240 valence electrons. The lowest BCUT2D eigenvalue weighted by molar-refractivity contribution is -0.123. The van der Waals surface area contributed by atoms with Crippen LogP contribution in [0, 0.1) is 36.5 Å². The van der Waals surface area contributed by atoms with Gasteiger partial charge in [0.25, 0.3) is 5.91 Å². The van der Waals surface area contributed by atoms with Crippen LogP contribution in [0.25, 0.3) is 0 Å². The molecule has 47 heavy (non-hydrogen) atoms. The number of rotatable bonds is 8. The molecule has 2 bridgehead atoms. The molecule has 2 aliphatic carbocycles. The first-order valence-corrected chi connectivity index (χ1v) is 17.6. The molecular formula is C36H33N3O6S2. The summed E-state index contributed by atoms with van der Waals surface area (Å²) in [5, 5.41) is 3.79. The van der Waals surface area contributed by atoms with Crippen LogP contribution in [-0.4, -0.2) is 41.2 Å². The van der Waals surface area contributed by atoms with Gasteiger partial charge in [-0.1, -0.05) is 47.7 Å². The number of H-pyrrole nitrogens is 1. The van der Waals surface area contributed by atoms with Gasteiger partial charge in [0.05, 0.1) is 29.2 Å². The van der Waals surface area contributed by atoms with Crippen molar-refractivity contribution in [3.63, 3.8) is 0 Å². The Morgan fingerprint density at radius 1 is 0.936 bits per heavy atom. The number of thioether (sulfide) groups is 1. The zero-order chi connectivity index (χ0) is 32.4. The van der Waals surface area contributed by atoms with Gasteiger partial charge >= 0.3 is 4.87 Å².